The molecule has 1 aromatic carbocycles. The van der Waals surface area contributed by atoms with Crippen LogP contribution >= 0.6 is 0 Å². The van der Waals surface area contributed by atoms with Gasteiger partial charge in [-0.1, -0.05) is 43.7 Å². The van der Waals surface area contributed by atoms with Gasteiger partial charge < -0.3 is 4.90 Å². The van der Waals surface area contributed by atoms with E-state index in [1.54, 1.807) is 5.56 Å². The summed E-state index contributed by atoms with van der Waals surface area (Å²) >= 11 is 0. The van der Waals surface area contributed by atoms with Gasteiger partial charge in [-0.05, 0) is 50.3 Å². The molecule has 0 atom stereocenters. The van der Waals surface area contributed by atoms with Crippen LogP contribution in [-0.2, 0) is 0 Å². The highest BCUT2D eigenvalue weighted by Crippen LogP contribution is 2.28. The van der Waals surface area contributed by atoms with Gasteiger partial charge in [-0.15, -0.1) is 0 Å². The van der Waals surface area contributed by atoms with Gasteiger partial charge in [0.05, 0.1) is 0 Å². The highest BCUT2D eigenvalue weighted by Gasteiger charge is 2.20. The minimum absolute atomic E-state index is 0.791. The highest BCUT2D eigenvalue weighted by molar-refractivity contribution is 5.24. The van der Waals surface area contributed by atoms with Crippen molar-refractivity contribution in [3.63, 3.8) is 0 Å². The molecule has 1 nitrogen and oxygen atoms in total. The summed E-state index contributed by atoms with van der Waals surface area (Å²) in [6.07, 6.45) is 2.66. The van der Waals surface area contributed by atoms with Gasteiger partial charge in [-0.2, -0.15) is 0 Å². The summed E-state index contributed by atoms with van der Waals surface area (Å²) in [5.41, 5.74) is 2.91. The molecular weight excluding hydrogens is 206 g/mol. The summed E-state index contributed by atoms with van der Waals surface area (Å²) in [6.45, 7) is 10.6. The normalized spacial score (nSPS) is 18.8. The van der Waals surface area contributed by atoms with Gasteiger partial charge >= 0.3 is 0 Å². The molecule has 0 radical (unpaired) electrons. The number of rotatable bonds is 3. The molecule has 1 aliphatic heterocycles. The van der Waals surface area contributed by atoms with E-state index >= 15 is 0 Å². The fourth-order valence-electron chi connectivity index (χ4n) is 2.80. The number of aryl methyl sites for hydroxylation is 1. The zero-order chi connectivity index (χ0) is 12.3. The number of likely N-dealkylation sites (tertiary alicyclic amines) is 1. The second-order valence-electron chi connectivity index (χ2n) is 5.88. The predicted molar refractivity (Wildman–Crippen MR) is 74.4 cm³/mol. The van der Waals surface area contributed by atoms with Crippen molar-refractivity contribution in [3.8, 4) is 0 Å². The van der Waals surface area contributed by atoms with Crippen LogP contribution in [0.25, 0.3) is 0 Å². The molecule has 0 saturated carbocycles. The van der Waals surface area contributed by atoms with Gasteiger partial charge in [0, 0.05) is 6.54 Å². The molecule has 1 heterocycles. The summed E-state index contributed by atoms with van der Waals surface area (Å²) in [7, 11) is 0. The van der Waals surface area contributed by atoms with Gasteiger partial charge in [-0.3, -0.25) is 0 Å². The number of piperidine rings is 1. The van der Waals surface area contributed by atoms with E-state index in [9.17, 15) is 0 Å². The molecule has 0 bridgehead atoms. The summed E-state index contributed by atoms with van der Waals surface area (Å²) < 4.78 is 0. The Morgan fingerprint density at radius 1 is 1.12 bits per heavy atom. The average Bonchev–Trinajstić information content (AvgIpc) is 2.30. The Morgan fingerprint density at radius 3 is 2.24 bits per heavy atom. The first kappa shape index (κ1) is 12.6. The molecule has 1 saturated heterocycles. The quantitative estimate of drug-likeness (QED) is 0.764. The Kier molecular flexibility index (Phi) is 4.22. The number of hydrogen-bond acceptors (Lipinski definition) is 1. The molecule has 0 amide bonds. The maximum atomic E-state index is 2.62. The summed E-state index contributed by atoms with van der Waals surface area (Å²) in [4.78, 5) is 2.62. The van der Waals surface area contributed by atoms with Crippen molar-refractivity contribution >= 4 is 0 Å². The lowest BCUT2D eigenvalue weighted by Crippen LogP contribution is -2.35. The lowest BCUT2D eigenvalue weighted by molar-refractivity contribution is 0.192. The number of benzene rings is 1. The fourth-order valence-corrected chi connectivity index (χ4v) is 2.80. The molecule has 0 spiro atoms. The first-order valence-electron chi connectivity index (χ1n) is 6.94. The minimum atomic E-state index is 0.791. The fraction of sp³-hybridized carbons (Fsp3) is 0.625. The zero-order valence-corrected chi connectivity index (χ0v) is 11.4. The van der Waals surface area contributed by atoms with E-state index in [4.69, 9.17) is 0 Å². The van der Waals surface area contributed by atoms with Gasteiger partial charge in [0.25, 0.3) is 0 Å². The monoisotopic (exact) mass is 231 g/mol. The summed E-state index contributed by atoms with van der Waals surface area (Å²) in [5, 5.41) is 0. The number of nitrogens with zero attached hydrogens (tertiary/aromatic N) is 1. The third-order valence-electron chi connectivity index (χ3n) is 3.76. The molecule has 0 unspecified atom stereocenters. The maximum absolute atomic E-state index is 2.62. The van der Waals surface area contributed by atoms with Crippen molar-refractivity contribution in [2.45, 2.75) is 39.5 Å². The van der Waals surface area contributed by atoms with Crippen LogP contribution in [0, 0.1) is 12.8 Å². The average molecular weight is 231 g/mol. The van der Waals surface area contributed by atoms with E-state index in [1.165, 1.54) is 38.0 Å². The van der Waals surface area contributed by atoms with E-state index in [-0.39, 0.29) is 0 Å². The lowest BCUT2D eigenvalue weighted by Gasteiger charge is -2.33. The molecule has 1 heteroatoms. The molecule has 0 aliphatic carbocycles. The largest absolute Gasteiger partial charge is 0.303 e. The van der Waals surface area contributed by atoms with Crippen LogP contribution in [0.3, 0.4) is 0 Å². The van der Waals surface area contributed by atoms with E-state index in [2.05, 4.69) is 49.9 Å². The Balaban J connectivity index is 1.88. The second-order valence-corrected chi connectivity index (χ2v) is 5.88. The van der Waals surface area contributed by atoms with Crippen molar-refractivity contribution in [2.24, 2.45) is 5.92 Å². The van der Waals surface area contributed by atoms with Gasteiger partial charge in [0.15, 0.2) is 0 Å². The van der Waals surface area contributed by atoms with Crippen molar-refractivity contribution < 1.29 is 0 Å². The summed E-state index contributed by atoms with van der Waals surface area (Å²) in [5.74, 6) is 1.59. The molecule has 94 valence electrons. The van der Waals surface area contributed by atoms with Crippen LogP contribution < -0.4 is 0 Å². The van der Waals surface area contributed by atoms with Crippen LogP contribution in [0.2, 0.25) is 0 Å². The third-order valence-corrected chi connectivity index (χ3v) is 3.76. The molecule has 1 fully saturated rings. The summed E-state index contributed by atoms with van der Waals surface area (Å²) in [6, 6.07) is 9.13. The van der Waals surface area contributed by atoms with Crippen molar-refractivity contribution in [2.75, 3.05) is 19.6 Å². The standard InChI is InChI=1S/C16H25N/c1-13(2)12-17-10-8-16(9-11-17)15-6-4-14(3)5-7-15/h4-7,13,16H,8-12H2,1-3H3. The molecule has 0 aromatic heterocycles. The van der Waals surface area contributed by atoms with Crippen LogP contribution in [0.15, 0.2) is 24.3 Å². The SMILES string of the molecule is Cc1ccc(C2CCN(CC(C)C)CC2)cc1. The Morgan fingerprint density at radius 2 is 1.71 bits per heavy atom. The molecular formula is C16H25N. The van der Waals surface area contributed by atoms with E-state index in [0.29, 0.717) is 0 Å². The molecule has 0 N–H and O–H groups in total. The van der Waals surface area contributed by atoms with Crippen LogP contribution in [0.1, 0.15) is 43.7 Å². The van der Waals surface area contributed by atoms with E-state index in [0.717, 1.165) is 11.8 Å². The Hall–Kier alpha value is -0.820. The third kappa shape index (κ3) is 3.57. The van der Waals surface area contributed by atoms with Crippen LogP contribution in [-0.4, -0.2) is 24.5 Å². The van der Waals surface area contributed by atoms with Crippen molar-refractivity contribution in [1.82, 2.24) is 4.90 Å². The molecule has 1 aliphatic rings. The first-order valence-corrected chi connectivity index (χ1v) is 6.94. The Bertz CT molecular complexity index is 331. The Labute approximate surface area is 106 Å². The zero-order valence-electron chi connectivity index (χ0n) is 11.4. The van der Waals surface area contributed by atoms with E-state index in [1.807, 2.05) is 0 Å². The topological polar surface area (TPSA) is 3.24 Å². The van der Waals surface area contributed by atoms with Gasteiger partial charge in [-0.25, -0.2) is 0 Å². The maximum Gasteiger partial charge on any atom is 0.000439 e. The van der Waals surface area contributed by atoms with Crippen LogP contribution in [0.4, 0.5) is 0 Å². The predicted octanol–water partition coefficient (Wildman–Crippen LogP) is 3.83. The molecule has 1 aromatic rings. The van der Waals surface area contributed by atoms with Crippen molar-refractivity contribution in [1.29, 1.82) is 0 Å². The first-order chi connectivity index (χ1) is 8.15. The van der Waals surface area contributed by atoms with Gasteiger partial charge in [0.2, 0.25) is 0 Å². The lowest BCUT2D eigenvalue weighted by atomic mass is 9.89. The van der Waals surface area contributed by atoms with Crippen LogP contribution in [0.5, 0.6) is 0 Å². The molecule has 17 heavy (non-hydrogen) atoms. The second kappa shape index (κ2) is 5.68. The number of hydrogen-bond donors (Lipinski definition) is 0. The molecule has 2 rings (SSSR count). The van der Waals surface area contributed by atoms with Gasteiger partial charge in [0.1, 0.15) is 0 Å². The smallest absolute Gasteiger partial charge is 0.000439 e. The van der Waals surface area contributed by atoms with E-state index < -0.39 is 0 Å². The van der Waals surface area contributed by atoms with Crippen molar-refractivity contribution in [3.05, 3.63) is 35.4 Å². The minimum Gasteiger partial charge on any atom is -0.303 e. The highest BCUT2D eigenvalue weighted by atomic mass is 15.1.